The molecular weight excluding hydrogens is 419 g/mol. The fraction of sp³-hybridized carbons (Fsp3) is 0.435. The van der Waals surface area contributed by atoms with E-state index in [0.717, 1.165) is 50.4 Å². The molecule has 1 aliphatic heterocycles. The maximum absolute atomic E-state index is 12.7. The number of alkyl halides is 3. The lowest BCUT2D eigenvalue weighted by atomic mass is 9.64. The third-order valence-corrected chi connectivity index (χ3v) is 6.56. The van der Waals surface area contributed by atoms with Crippen molar-refractivity contribution in [1.29, 1.82) is 0 Å². The first-order chi connectivity index (χ1) is 15.4. The van der Waals surface area contributed by atoms with Gasteiger partial charge in [-0.1, -0.05) is 41.9 Å². The third-order valence-electron chi connectivity index (χ3n) is 6.56. The van der Waals surface area contributed by atoms with Gasteiger partial charge in [-0.3, -0.25) is 4.90 Å². The zero-order valence-corrected chi connectivity index (χ0v) is 17.6. The van der Waals surface area contributed by atoms with Crippen LogP contribution in [0.25, 0.3) is 0 Å². The van der Waals surface area contributed by atoms with Crippen molar-refractivity contribution in [3.05, 3.63) is 71.5 Å². The Morgan fingerprint density at radius 1 is 0.969 bits per heavy atom. The molecule has 3 heterocycles. The topological polar surface area (TPSA) is 58.3 Å². The van der Waals surface area contributed by atoms with Gasteiger partial charge in [-0.25, -0.2) is 4.98 Å². The minimum atomic E-state index is -4.37. The molecule has 2 fully saturated rings. The zero-order valence-electron chi connectivity index (χ0n) is 17.6. The van der Waals surface area contributed by atoms with Gasteiger partial charge in [0, 0.05) is 32.4 Å². The minimum Gasteiger partial charge on any atom is -0.354 e. The maximum atomic E-state index is 12.7. The molecule has 6 nitrogen and oxygen atoms in total. The zero-order chi connectivity index (χ0) is 22.2. The van der Waals surface area contributed by atoms with E-state index in [1.165, 1.54) is 11.6 Å². The van der Waals surface area contributed by atoms with Gasteiger partial charge in [0.25, 0.3) is 0 Å². The summed E-state index contributed by atoms with van der Waals surface area (Å²) in [4.78, 5) is 12.9. The number of benzene rings is 1. The van der Waals surface area contributed by atoms with Crippen LogP contribution in [0.1, 0.15) is 42.1 Å². The molecule has 9 heteroatoms. The van der Waals surface area contributed by atoms with E-state index in [-0.39, 0.29) is 5.41 Å². The first-order valence-corrected chi connectivity index (χ1v) is 10.8. The molecule has 0 amide bonds. The van der Waals surface area contributed by atoms with Crippen LogP contribution in [0.4, 0.5) is 19.0 Å². The summed E-state index contributed by atoms with van der Waals surface area (Å²) in [5, 5.41) is 4.32. The lowest BCUT2D eigenvalue weighted by molar-refractivity contribution is -0.137. The van der Waals surface area contributed by atoms with Gasteiger partial charge in [-0.2, -0.15) is 18.2 Å². The van der Waals surface area contributed by atoms with Gasteiger partial charge in [0.2, 0.25) is 5.89 Å². The summed E-state index contributed by atoms with van der Waals surface area (Å²) in [5.74, 6) is 1.92. The van der Waals surface area contributed by atoms with Crippen molar-refractivity contribution < 1.29 is 17.7 Å². The van der Waals surface area contributed by atoms with Crippen LogP contribution in [0.15, 0.2) is 53.2 Å². The second-order valence-electron chi connectivity index (χ2n) is 8.48. The summed E-state index contributed by atoms with van der Waals surface area (Å²) in [6.45, 7) is 3.39. The molecule has 0 bridgehead atoms. The minimum absolute atomic E-state index is 0.143. The Kier molecular flexibility index (Phi) is 5.36. The van der Waals surface area contributed by atoms with Crippen LogP contribution in [-0.2, 0) is 18.1 Å². The van der Waals surface area contributed by atoms with Gasteiger partial charge < -0.3 is 9.42 Å². The maximum Gasteiger partial charge on any atom is 0.417 e. The number of aromatic nitrogens is 3. The van der Waals surface area contributed by atoms with Crippen LogP contribution in [0.2, 0.25) is 0 Å². The Balaban J connectivity index is 1.20. The number of piperazine rings is 1. The predicted molar refractivity (Wildman–Crippen MR) is 112 cm³/mol. The summed E-state index contributed by atoms with van der Waals surface area (Å²) in [5.41, 5.74) is 0.360. The van der Waals surface area contributed by atoms with Crippen molar-refractivity contribution in [2.45, 2.75) is 37.4 Å². The Hall–Kier alpha value is -2.94. The highest BCUT2D eigenvalue weighted by Crippen LogP contribution is 2.47. The molecule has 0 N–H and O–H groups in total. The van der Waals surface area contributed by atoms with Gasteiger partial charge in [0.05, 0.1) is 17.5 Å². The number of anilines is 1. The summed E-state index contributed by atoms with van der Waals surface area (Å²) in [6.07, 6.45) is -0.279. The van der Waals surface area contributed by atoms with Crippen LogP contribution in [0.5, 0.6) is 0 Å². The number of pyridine rings is 1. The van der Waals surface area contributed by atoms with Crippen molar-refractivity contribution in [1.82, 2.24) is 20.0 Å². The normalized spacial score (nSPS) is 19.0. The largest absolute Gasteiger partial charge is 0.417 e. The van der Waals surface area contributed by atoms with E-state index in [0.29, 0.717) is 31.3 Å². The predicted octanol–water partition coefficient (Wildman–Crippen LogP) is 4.28. The van der Waals surface area contributed by atoms with E-state index < -0.39 is 11.7 Å². The van der Waals surface area contributed by atoms with E-state index in [1.807, 2.05) is 23.1 Å². The van der Waals surface area contributed by atoms with E-state index in [4.69, 9.17) is 9.51 Å². The molecule has 0 atom stereocenters. The smallest absolute Gasteiger partial charge is 0.354 e. The van der Waals surface area contributed by atoms with Crippen LogP contribution >= 0.6 is 0 Å². The molecular formula is C23H24F3N5O. The van der Waals surface area contributed by atoms with Gasteiger partial charge >= 0.3 is 6.18 Å². The van der Waals surface area contributed by atoms with Crippen LogP contribution in [0, 0.1) is 0 Å². The lowest BCUT2D eigenvalue weighted by Gasteiger charge is -2.39. The molecule has 168 valence electrons. The molecule has 1 saturated carbocycles. The number of halogens is 3. The summed E-state index contributed by atoms with van der Waals surface area (Å²) in [6, 6.07) is 12.9. The van der Waals surface area contributed by atoms with E-state index in [2.05, 4.69) is 27.2 Å². The standard InChI is InChI=1S/C23H24F3N5O/c24-23(25,26)18-7-8-19(27-15-18)31-13-11-30(12-14-31)16-20-28-21(29-32-20)22(9-4-10-22)17-5-2-1-3-6-17/h1-3,5-8,15H,4,9-14,16H2. The molecule has 0 unspecified atom stereocenters. The second-order valence-corrected chi connectivity index (χ2v) is 8.48. The van der Waals surface area contributed by atoms with Crippen LogP contribution in [0.3, 0.4) is 0 Å². The molecule has 2 aliphatic rings. The molecule has 32 heavy (non-hydrogen) atoms. The van der Waals surface area contributed by atoms with Crippen molar-refractivity contribution in [3.63, 3.8) is 0 Å². The Morgan fingerprint density at radius 3 is 2.31 bits per heavy atom. The van der Waals surface area contributed by atoms with E-state index >= 15 is 0 Å². The number of nitrogens with zero attached hydrogens (tertiary/aromatic N) is 5. The van der Waals surface area contributed by atoms with E-state index in [9.17, 15) is 13.2 Å². The number of rotatable bonds is 5. The van der Waals surface area contributed by atoms with Gasteiger partial charge in [0.1, 0.15) is 5.82 Å². The Labute approximate surface area is 184 Å². The highest BCUT2D eigenvalue weighted by molar-refractivity contribution is 5.40. The van der Waals surface area contributed by atoms with Gasteiger partial charge in [0.15, 0.2) is 5.82 Å². The molecule has 1 saturated heterocycles. The summed E-state index contributed by atoms with van der Waals surface area (Å²) < 4.78 is 43.8. The molecule has 1 aromatic carbocycles. The highest BCUT2D eigenvalue weighted by atomic mass is 19.4. The number of hydrogen-bond donors (Lipinski definition) is 0. The molecule has 0 radical (unpaired) electrons. The summed E-state index contributed by atoms with van der Waals surface area (Å²) in [7, 11) is 0. The fourth-order valence-electron chi connectivity index (χ4n) is 4.51. The van der Waals surface area contributed by atoms with Crippen LogP contribution in [-0.4, -0.2) is 46.2 Å². The van der Waals surface area contributed by atoms with Crippen molar-refractivity contribution in [2.75, 3.05) is 31.1 Å². The van der Waals surface area contributed by atoms with Crippen molar-refractivity contribution in [2.24, 2.45) is 0 Å². The second kappa shape index (κ2) is 8.20. The number of hydrogen-bond acceptors (Lipinski definition) is 6. The molecule has 0 spiro atoms. The van der Waals surface area contributed by atoms with Crippen molar-refractivity contribution >= 4 is 5.82 Å². The third kappa shape index (κ3) is 3.97. The van der Waals surface area contributed by atoms with Crippen LogP contribution < -0.4 is 4.90 Å². The molecule has 1 aliphatic carbocycles. The van der Waals surface area contributed by atoms with Gasteiger partial charge in [-0.05, 0) is 30.5 Å². The molecule has 2 aromatic heterocycles. The van der Waals surface area contributed by atoms with Crippen molar-refractivity contribution in [3.8, 4) is 0 Å². The quantitative estimate of drug-likeness (QED) is 0.587. The lowest BCUT2D eigenvalue weighted by Crippen LogP contribution is -2.46. The highest BCUT2D eigenvalue weighted by Gasteiger charge is 2.44. The average molecular weight is 443 g/mol. The van der Waals surface area contributed by atoms with Gasteiger partial charge in [-0.15, -0.1) is 0 Å². The molecule has 5 rings (SSSR count). The monoisotopic (exact) mass is 443 g/mol. The summed E-state index contributed by atoms with van der Waals surface area (Å²) >= 11 is 0. The molecule has 3 aromatic rings. The Bertz CT molecular complexity index is 1040. The first kappa shape index (κ1) is 20.9. The Morgan fingerprint density at radius 2 is 1.72 bits per heavy atom. The fourth-order valence-corrected chi connectivity index (χ4v) is 4.51. The SMILES string of the molecule is FC(F)(F)c1ccc(N2CCN(Cc3nc(C4(c5ccccc5)CCC4)no3)CC2)nc1. The first-order valence-electron chi connectivity index (χ1n) is 10.8. The van der Waals surface area contributed by atoms with E-state index in [1.54, 1.807) is 0 Å². The average Bonchev–Trinajstić information content (AvgIpc) is 3.22.